The molecule has 0 spiro atoms. The molecule has 0 saturated carbocycles. The average molecular weight is 500 g/mol. The van der Waals surface area contributed by atoms with Gasteiger partial charge in [0.2, 0.25) is 0 Å². The number of imidazole rings is 1. The van der Waals surface area contributed by atoms with Gasteiger partial charge < -0.3 is 10.2 Å². The summed E-state index contributed by atoms with van der Waals surface area (Å²) in [7, 11) is 0. The standard InChI is InChI=1S/C26H24F3N3O2S/c1-25(2,34)23-14-32(24(31-23)20-13-30-11-10-21(20)26(27,28)29)19-8-6-16(7-9-19)17-4-5-18(15-33)22(12-17)35-3/h4-14,33-34H,15H2,1-3H3. The summed E-state index contributed by atoms with van der Waals surface area (Å²) < 4.78 is 42.7. The van der Waals surface area contributed by atoms with E-state index < -0.39 is 17.3 Å². The minimum Gasteiger partial charge on any atom is -0.392 e. The predicted octanol–water partition coefficient (Wildman–Crippen LogP) is 6.06. The first kappa shape index (κ1) is 25.0. The number of rotatable bonds is 6. The Bertz CT molecular complexity index is 1340. The number of pyridine rings is 1. The first-order chi connectivity index (χ1) is 16.5. The summed E-state index contributed by atoms with van der Waals surface area (Å²) in [6.07, 6.45) is 1.12. The normalized spacial score (nSPS) is 12.2. The summed E-state index contributed by atoms with van der Waals surface area (Å²) >= 11 is 1.54. The number of hydrogen-bond donors (Lipinski definition) is 2. The zero-order valence-electron chi connectivity index (χ0n) is 19.3. The molecule has 35 heavy (non-hydrogen) atoms. The highest BCUT2D eigenvalue weighted by molar-refractivity contribution is 7.98. The van der Waals surface area contributed by atoms with Crippen molar-refractivity contribution >= 4 is 11.8 Å². The van der Waals surface area contributed by atoms with E-state index in [1.165, 1.54) is 18.4 Å². The van der Waals surface area contributed by atoms with Crippen LogP contribution in [0.4, 0.5) is 13.2 Å². The largest absolute Gasteiger partial charge is 0.417 e. The van der Waals surface area contributed by atoms with Crippen molar-refractivity contribution < 1.29 is 23.4 Å². The van der Waals surface area contributed by atoms with Gasteiger partial charge in [-0.05, 0) is 61.1 Å². The second kappa shape index (κ2) is 9.49. The lowest BCUT2D eigenvalue weighted by molar-refractivity contribution is -0.137. The van der Waals surface area contributed by atoms with E-state index in [1.54, 1.807) is 30.1 Å². The highest BCUT2D eigenvalue weighted by Crippen LogP contribution is 2.38. The molecular weight excluding hydrogens is 475 g/mol. The molecule has 4 aromatic rings. The lowest BCUT2D eigenvalue weighted by atomic mass is 10.0. The number of halogens is 3. The Morgan fingerprint density at radius 1 is 1.00 bits per heavy atom. The van der Waals surface area contributed by atoms with Crippen LogP contribution >= 0.6 is 11.8 Å². The summed E-state index contributed by atoms with van der Waals surface area (Å²) in [5.74, 6) is 0.0345. The smallest absolute Gasteiger partial charge is 0.392 e. The molecule has 2 aromatic carbocycles. The minimum atomic E-state index is -4.59. The van der Waals surface area contributed by atoms with Gasteiger partial charge in [0.15, 0.2) is 0 Å². The third kappa shape index (κ3) is 5.12. The molecule has 2 aromatic heterocycles. The van der Waals surface area contributed by atoms with Gasteiger partial charge in [-0.15, -0.1) is 11.8 Å². The Labute approximate surface area is 205 Å². The topological polar surface area (TPSA) is 71.2 Å². The Hall–Kier alpha value is -3.14. The maximum absolute atomic E-state index is 13.7. The van der Waals surface area contributed by atoms with Gasteiger partial charge in [-0.1, -0.05) is 24.3 Å². The van der Waals surface area contributed by atoms with Crippen LogP contribution in [0.1, 0.15) is 30.7 Å². The number of nitrogens with zero attached hydrogens (tertiary/aromatic N) is 3. The lowest BCUT2D eigenvalue weighted by Crippen LogP contribution is -2.15. The number of hydrogen-bond acceptors (Lipinski definition) is 5. The monoisotopic (exact) mass is 499 g/mol. The zero-order valence-corrected chi connectivity index (χ0v) is 20.2. The summed E-state index contributed by atoms with van der Waals surface area (Å²) in [4.78, 5) is 9.23. The number of aliphatic hydroxyl groups is 2. The van der Waals surface area contributed by atoms with Crippen molar-refractivity contribution in [1.29, 1.82) is 0 Å². The van der Waals surface area contributed by atoms with E-state index in [1.807, 2.05) is 36.6 Å². The third-order valence-electron chi connectivity index (χ3n) is 5.64. The highest BCUT2D eigenvalue weighted by atomic mass is 32.2. The van der Waals surface area contributed by atoms with Gasteiger partial charge in [0.05, 0.1) is 17.9 Å². The predicted molar refractivity (Wildman–Crippen MR) is 130 cm³/mol. The van der Waals surface area contributed by atoms with Crippen LogP contribution in [0.15, 0.2) is 72.0 Å². The molecular formula is C26H24F3N3O2S. The molecule has 2 heterocycles. The van der Waals surface area contributed by atoms with Gasteiger partial charge in [0.1, 0.15) is 11.4 Å². The molecule has 0 saturated heterocycles. The third-order valence-corrected chi connectivity index (χ3v) is 6.46. The van der Waals surface area contributed by atoms with E-state index in [0.717, 1.165) is 40.0 Å². The molecule has 182 valence electrons. The fourth-order valence-corrected chi connectivity index (χ4v) is 4.39. The number of alkyl halides is 3. The van der Waals surface area contributed by atoms with Crippen molar-refractivity contribution in [2.45, 2.75) is 37.1 Å². The van der Waals surface area contributed by atoms with E-state index in [2.05, 4.69) is 9.97 Å². The molecule has 2 N–H and O–H groups in total. The molecule has 0 aliphatic heterocycles. The fraction of sp³-hybridized carbons (Fsp3) is 0.231. The first-order valence-electron chi connectivity index (χ1n) is 10.8. The summed E-state index contributed by atoms with van der Waals surface area (Å²) in [6, 6.07) is 14.0. The van der Waals surface area contributed by atoms with Crippen molar-refractivity contribution in [2.24, 2.45) is 0 Å². The number of benzene rings is 2. The molecule has 0 amide bonds. The number of aliphatic hydroxyl groups excluding tert-OH is 1. The molecule has 4 rings (SSSR count). The van der Waals surface area contributed by atoms with Crippen LogP contribution in [0.5, 0.6) is 0 Å². The molecule has 0 bridgehead atoms. The maximum atomic E-state index is 13.7. The van der Waals surface area contributed by atoms with Crippen molar-refractivity contribution in [3.63, 3.8) is 0 Å². The number of thioether (sulfide) groups is 1. The van der Waals surface area contributed by atoms with Crippen molar-refractivity contribution in [2.75, 3.05) is 6.26 Å². The van der Waals surface area contributed by atoms with Crippen LogP contribution in [-0.4, -0.2) is 31.0 Å². The van der Waals surface area contributed by atoms with E-state index in [9.17, 15) is 23.4 Å². The van der Waals surface area contributed by atoms with Crippen LogP contribution in [0.2, 0.25) is 0 Å². The van der Waals surface area contributed by atoms with Crippen molar-refractivity contribution in [3.05, 3.63) is 83.9 Å². The van der Waals surface area contributed by atoms with Gasteiger partial charge in [-0.2, -0.15) is 13.2 Å². The van der Waals surface area contributed by atoms with Crippen LogP contribution in [0.25, 0.3) is 28.2 Å². The Morgan fingerprint density at radius 2 is 1.69 bits per heavy atom. The molecule has 0 fully saturated rings. The van der Waals surface area contributed by atoms with Crippen molar-refractivity contribution in [1.82, 2.24) is 14.5 Å². The second-order valence-electron chi connectivity index (χ2n) is 8.53. The van der Waals surface area contributed by atoms with Crippen LogP contribution in [-0.2, 0) is 18.4 Å². The van der Waals surface area contributed by atoms with Gasteiger partial charge in [-0.25, -0.2) is 4.98 Å². The molecule has 0 radical (unpaired) electrons. The molecule has 0 atom stereocenters. The molecule has 0 unspecified atom stereocenters. The molecule has 9 heteroatoms. The average Bonchev–Trinajstić information content (AvgIpc) is 3.29. The van der Waals surface area contributed by atoms with E-state index in [-0.39, 0.29) is 23.7 Å². The van der Waals surface area contributed by atoms with Gasteiger partial charge in [0.25, 0.3) is 0 Å². The zero-order chi connectivity index (χ0) is 25.4. The maximum Gasteiger partial charge on any atom is 0.417 e. The van der Waals surface area contributed by atoms with E-state index in [0.29, 0.717) is 5.69 Å². The highest BCUT2D eigenvalue weighted by Gasteiger charge is 2.35. The molecule has 0 aliphatic carbocycles. The summed E-state index contributed by atoms with van der Waals surface area (Å²) in [6.45, 7) is 3.01. The van der Waals surface area contributed by atoms with Crippen molar-refractivity contribution in [3.8, 4) is 28.2 Å². The summed E-state index contributed by atoms with van der Waals surface area (Å²) in [5.41, 5.74) is 1.14. The number of aromatic nitrogens is 3. The van der Waals surface area contributed by atoms with Crippen LogP contribution < -0.4 is 0 Å². The second-order valence-corrected chi connectivity index (χ2v) is 9.38. The van der Waals surface area contributed by atoms with Gasteiger partial charge >= 0.3 is 6.18 Å². The fourth-order valence-electron chi connectivity index (χ4n) is 3.75. The Kier molecular flexibility index (Phi) is 6.77. The van der Waals surface area contributed by atoms with E-state index >= 15 is 0 Å². The summed E-state index contributed by atoms with van der Waals surface area (Å²) in [5, 5.41) is 20.0. The molecule has 5 nitrogen and oxygen atoms in total. The lowest BCUT2D eigenvalue weighted by Gasteiger charge is -2.14. The van der Waals surface area contributed by atoms with E-state index in [4.69, 9.17) is 0 Å². The van der Waals surface area contributed by atoms with Gasteiger partial charge in [-0.3, -0.25) is 9.55 Å². The Morgan fingerprint density at radius 3 is 2.29 bits per heavy atom. The minimum absolute atomic E-state index is 0.0345. The van der Waals surface area contributed by atoms with Crippen LogP contribution in [0.3, 0.4) is 0 Å². The quantitative estimate of drug-likeness (QED) is 0.316. The SMILES string of the molecule is CSc1cc(-c2ccc(-n3cc(C(C)(C)O)nc3-c3cnccc3C(F)(F)F)cc2)ccc1CO. The van der Waals surface area contributed by atoms with Crippen LogP contribution in [0, 0.1) is 0 Å². The van der Waals surface area contributed by atoms with Gasteiger partial charge in [0, 0.05) is 34.7 Å². The molecule has 0 aliphatic rings. The first-order valence-corrected chi connectivity index (χ1v) is 12.0. The Balaban J connectivity index is 1.82.